The summed E-state index contributed by atoms with van der Waals surface area (Å²) in [6.45, 7) is 4.14. The Morgan fingerprint density at radius 3 is 2.69 bits per heavy atom. The van der Waals surface area contributed by atoms with Gasteiger partial charge in [0.15, 0.2) is 0 Å². The Kier molecular flexibility index (Phi) is 3.94. The van der Waals surface area contributed by atoms with Crippen LogP contribution in [-0.2, 0) is 6.42 Å². The third kappa shape index (κ3) is 3.49. The molecule has 0 saturated carbocycles. The summed E-state index contributed by atoms with van der Waals surface area (Å²) < 4.78 is 1.20. The van der Waals surface area contributed by atoms with Gasteiger partial charge in [0.25, 0.3) is 0 Å². The Balaban J connectivity index is 2.67. The molecule has 0 saturated heterocycles. The molecule has 1 nitrogen and oxygen atoms in total. The molecule has 2 N–H and O–H groups in total. The van der Waals surface area contributed by atoms with Gasteiger partial charge in [-0.15, -0.1) is 0 Å². The van der Waals surface area contributed by atoms with Gasteiger partial charge in [0, 0.05) is 10.5 Å². The third-order valence-electron chi connectivity index (χ3n) is 2.08. The number of rotatable bonds is 3. The summed E-state index contributed by atoms with van der Waals surface area (Å²) in [7, 11) is 0. The van der Waals surface area contributed by atoms with Gasteiger partial charge in [-0.1, -0.05) is 28.1 Å². The maximum Gasteiger partial charge on any atom is 0.0209 e. The first kappa shape index (κ1) is 10.7. The highest BCUT2D eigenvalue weighted by atomic mass is 79.9. The molecule has 0 bridgehead atoms. The molecule has 0 aliphatic heterocycles. The van der Waals surface area contributed by atoms with E-state index in [1.807, 2.05) is 6.92 Å². The van der Waals surface area contributed by atoms with Crippen LogP contribution in [0.3, 0.4) is 0 Å². The van der Waals surface area contributed by atoms with Crippen molar-refractivity contribution in [2.24, 2.45) is 5.73 Å². The topological polar surface area (TPSA) is 26.0 Å². The summed E-state index contributed by atoms with van der Waals surface area (Å²) in [5, 5.41) is 0. The molecule has 1 aromatic rings. The van der Waals surface area contributed by atoms with Crippen LogP contribution < -0.4 is 5.73 Å². The highest BCUT2D eigenvalue weighted by molar-refractivity contribution is 9.10. The van der Waals surface area contributed by atoms with Gasteiger partial charge in [0.05, 0.1) is 0 Å². The van der Waals surface area contributed by atoms with E-state index >= 15 is 0 Å². The van der Waals surface area contributed by atoms with Crippen molar-refractivity contribution in [1.82, 2.24) is 0 Å². The Morgan fingerprint density at radius 2 is 2.15 bits per heavy atom. The smallest absolute Gasteiger partial charge is 0.0209 e. The monoisotopic (exact) mass is 241 g/mol. The van der Waals surface area contributed by atoms with Crippen LogP contribution in [0.5, 0.6) is 0 Å². The first-order valence-corrected chi connectivity index (χ1v) is 5.39. The number of benzene rings is 1. The minimum atomic E-state index is 0.285. The molecular weight excluding hydrogens is 226 g/mol. The summed E-state index contributed by atoms with van der Waals surface area (Å²) in [6.07, 6.45) is 2.10. The molecule has 72 valence electrons. The van der Waals surface area contributed by atoms with E-state index in [0.717, 1.165) is 12.8 Å². The van der Waals surface area contributed by atoms with Crippen LogP contribution in [0.1, 0.15) is 24.5 Å². The van der Waals surface area contributed by atoms with Gasteiger partial charge in [0.2, 0.25) is 0 Å². The molecule has 0 spiro atoms. The maximum absolute atomic E-state index is 5.70. The average Bonchev–Trinajstić information content (AvgIpc) is 2.02. The summed E-state index contributed by atoms with van der Waals surface area (Å²) in [6, 6.07) is 6.74. The Hall–Kier alpha value is -0.340. The standard InChI is InChI=1S/C11H16BrN/c1-8-3-5-10(11(12)7-8)6-4-9(2)13/h3,5,7,9H,4,6,13H2,1-2H3/t9-/m1/s1. The molecule has 2 heteroatoms. The van der Waals surface area contributed by atoms with Gasteiger partial charge < -0.3 is 5.73 Å². The van der Waals surface area contributed by atoms with Crippen molar-refractivity contribution in [3.63, 3.8) is 0 Å². The molecule has 13 heavy (non-hydrogen) atoms. The Labute approximate surface area is 88.5 Å². The second kappa shape index (κ2) is 4.77. The van der Waals surface area contributed by atoms with E-state index in [1.165, 1.54) is 15.6 Å². The van der Waals surface area contributed by atoms with E-state index < -0.39 is 0 Å². The van der Waals surface area contributed by atoms with E-state index in [1.54, 1.807) is 0 Å². The fourth-order valence-corrected chi connectivity index (χ4v) is 1.93. The number of aryl methyl sites for hydroxylation is 2. The first-order chi connectivity index (χ1) is 6.09. The normalized spacial score (nSPS) is 12.9. The van der Waals surface area contributed by atoms with Crippen molar-refractivity contribution in [3.05, 3.63) is 33.8 Å². The van der Waals surface area contributed by atoms with Gasteiger partial charge >= 0.3 is 0 Å². The first-order valence-electron chi connectivity index (χ1n) is 4.60. The summed E-state index contributed by atoms with van der Waals surface area (Å²) in [4.78, 5) is 0. The SMILES string of the molecule is Cc1ccc(CC[C@@H](C)N)c(Br)c1. The zero-order valence-electron chi connectivity index (χ0n) is 8.18. The lowest BCUT2D eigenvalue weighted by molar-refractivity contribution is 0.665. The fourth-order valence-electron chi connectivity index (χ4n) is 1.24. The summed E-state index contributed by atoms with van der Waals surface area (Å²) in [5.41, 5.74) is 8.34. The predicted molar refractivity (Wildman–Crippen MR) is 60.8 cm³/mol. The van der Waals surface area contributed by atoms with E-state index in [2.05, 4.69) is 41.1 Å². The van der Waals surface area contributed by atoms with Crippen LogP contribution >= 0.6 is 15.9 Å². The third-order valence-corrected chi connectivity index (χ3v) is 2.82. The van der Waals surface area contributed by atoms with Gasteiger partial charge in [-0.3, -0.25) is 0 Å². The second-order valence-electron chi connectivity index (χ2n) is 3.61. The number of hydrogen-bond donors (Lipinski definition) is 1. The molecule has 0 aromatic heterocycles. The number of hydrogen-bond acceptors (Lipinski definition) is 1. The lowest BCUT2D eigenvalue weighted by atomic mass is 10.1. The summed E-state index contributed by atoms with van der Waals surface area (Å²) >= 11 is 3.56. The highest BCUT2D eigenvalue weighted by Crippen LogP contribution is 2.19. The maximum atomic E-state index is 5.70. The van der Waals surface area contributed by atoms with E-state index in [-0.39, 0.29) is 6.04 Å². The minimum Gasteiger partial charge on any atom is -0.328 e. The molecule has 0 amide bonds. The predicted octanol–water partition coefficient (Wildman–Crippen LogP) is 3.04. The van der Waals surface area contributed by atoms with Gasteiger partial charge in [-0.25, -0.2) is 0 Å². The van der Waals surface area contributed by atoms with Crippen molar-refractivity contribution >= 4 is 15.9 Å². The van der Waals surface area contributed by atoms with E-state index in [4.69, 9.17) is 5.73 Å². The van der Waals surface area contributed by atoms with Crippen LogP contribution in [0.25, 0.3) is 0 Å². The molecule has 1 aromatic carbocycles. The lowest BCUT2D eigenvalue weighted by Gasteiger charge is -2.07. The van der Waals surface area contributed by atoms with Crippen molar-refractivity contribution in [2.45, 2.75) is 32.7 Å². The summed E-state index contributed by atoms with van der Waals surface area (Å²) in [5.74, 6) is 0. The zero-order chi connectivity index (χ0) is 9.84. The largest absolute Gasteiger partial charge is 0.328 e. The van der Waals surface area contributed by atoms with Crippen LogP contribution in [0, 0.1) is 6.92 Å². The number of halogens is 1. The van der Waals surface area contributed by atoms with E-state index in [9.17, 15) is 0 Å². The molecule has 1 atom stereocenters. The highest BCUT2D eigenvalue weighted by Gasteiger charge is 2.01. The van der Waals surface area contributed by atoms with Crippen LogP contribution in [-0.4, -0.2) is 6.04 Å². The molecule has 0 fully saturated rings. The van der Waals surface area contributed by atoms with Crippen LogP contribution in [0.15, 0.2) is 22.7 Å². The zero-order valence-corrected chi connectivity index (χ0v) is 9.76. The van der Waals surface area contributed by atoms with Gasteiger partial charge in [0.1, 0.15) is 0 Å². The Morgan fingerprint density at radius 1 is 1.46 bits per heavy atom. The molecule has 0 radical (unpaired) electrons. The van der Waals surface area contributed by atoms with Crippen LogP contribution in [0.2, 0.25) is 0 Å². The molecule has 0 unspecified atom stereocenters. The van der Waals surface area contributed by atoms with Crippen molar-refractivity contribution in [3.8, 4) is 0 Å². The Bertz CT molecular complexity index is 281. The average molecular weight is 242 g/mol. The molecule has 0 aliphatic rings. The fraction of sp³-hybridized carbons (Fsp3) is 0.455. The van der Waals surface area contributed by atoms with Crippen LogP contribution in [0.4, 0.5) is 0 Å². The molecular formula is C11H16BrN. The lowest BCUT2D eigenvalue weighted by Crippen LogP contribution is -2.15. The van der Waals surface area contributed by atoms with Gasteiger partial charge in [-0.2, -0.15) is 0 Å². The molecule has 0 aliphatic carbocycles. The van der Waals surface area contributed by atoms with E-state index in [0.29, 0.717) is 0 Å². The molecule has 0 heterocycles. The van der Waals surface area contributed by atoms with Crippen molar-refractivity contribution in [1.29, 1.82) is 0 Å². The quantitative estimate of drug-likeness (QED) is 0.866. The van der Waals surface area contributed by atoms with Crippen molar-refractivity contribution in [2.75, 3.05) is 0 Å². The second-order valence-corrected chi connectivity index (χ2v) is 4.47. The molecule has 1 rings (SSSR count). The van der Waals surface area contributed by atoms with Gasteiger partial charge in [-0.05, 0) is 43.9 Å². The minimum absolute atomic E-state index is 0.285. The number of nitrogens with two attached hydrogens (primary N) is 1. The van der Waals surface area contributed by atoms with Crippen molar-refractivity contribution < 1.29 is 0 Å².